The lowest BCUT2D eigenvalue weighted by atomic mass is 10.1. The summed E-state index contributed by atoms with van der Waals surface area (Å²) in [4.78, 5) is 11.0. The zero-order chi connectivity index (χ0) is 11.4. The van der Waals surface area contributed by atoms with E-state index in [0.29, 0.717) is 5.56 Å². The minimum Gasteiger partial charge on any atom is -0.505 e. The Kier molecular flexibility index (Phi) is 3.62. The van der Waals surface area contributed by atoms with Crippen molar-refractivity contribution in [3.8, 4) is 5.75 Å². The van der Waals surface area contributed by atoms with E-state index in [0.717, 1.165) is 6.07 Å². The van der Waals surface area contributed by atoms with Crippen LogP contribution in [0.15, 0.2) is 18.2 Å². The molecule has 0 aliphatic carbocycles. The standard InChI is InChI=1S/C10H12FNO3/c1-15-10(14)8(12)5-6-2-3-9(13)7(11)4-6/h2-4,8,13H,5,12H2,1H3. The number of rotatable bonds is 3. The van der Waals surface area contributed by atoms with Gasteiger partial charge < -0.3 is 15.6 Å². The second-order valence-corrected chi connectivity index (χ2v) is 3.12. The molecule has 0 saturated heterocycles. The largest absolute Gasteiger partial charge is 0.505 e. The Hall–Kier alpha value is -1.62. The SMILES string of the molecule is COC(=O)C(N)Cc1ccc(O)c(F)c1. The predicted octanol–water partition coefficient (Wildman–Crippen LogP) is 0.574. The van der Waals surface area contributed by atoms with E-state index in [2.05, 4.69) is 4.74 Å². The summed E-state index contributed by atoms with van der Waals surface area (Å²) in [6.07, 6.45) is 0.171. The summed E-state index contributed by atoms with van der Waals surface area (Å²) in [5.74, 6) is -1.71. The number of carbonyl (C=O) groups is 1. The van der Waals surface area contributed by atoms with Crippen molar-refractivity contribution >= 4 is 5.97 Å². The molecular formula is C10H12FNO3. The van der Waals surface area contributed by atoms with E-state index in [1.807, 2.05) is 0 Å². The van der Waals surface area contributed by atoms with E-state index in [1.165, 1.54) is 19.2 Å². The van der Waals surface area contributed by atoms with Gasteiger partial charge in [-0.15, -0.1) is 0 Å². The number of nitrogens with two attached hydrogens (primary N) is 1. The fourth-order valence-electron chi connectivity index (χ4n) is 1.17. The molecule has 5 heteroatoms. The molecule has 0 spiro atoms. The van der Waals surface area contributed by atoms with Crippen LogP contribution in [0.25, 0.3) is 0 Å². The number of benzene rings is 1. The van der Waals surface area contributed by atoms with Crippen LogP contribution in [0.1, 0.15) is 5.56 Å². The molecule has 1 unspecified atom stereocenters. The zero-order valence-electron chi connectivity index (χ0n) is 8.24. The number of halogens is 1. The summed E-state index contributed by atoms with van der Waals surface area (Å²) >= 11 is 0. The highest BCUT2D eigenvalue weighted by molar-refractivity contribution is 5.75. The third-order valence-corrected chi connectivity index (χ3v) is 1.97. The van der Waals surface area contributed by atoms with Crippen LogP contribution in [0.3, 0.4) is 0 Å². The third-order valence-electron chi connectivity index (χ3n) is 1.97. The number of phenols is 1. The quantitative estimate of drug-likeness (QED) is 0.720. The van der Waals surface area contributed by atoms with Crippen molar-refractivity contribution in [2.75, 3.05) is 7.11 Å². The van der Waals surface area contributed by atoms with Crippen molar-refractivity contribution in [3.63, 3.8) is 0 Å². The Labute approximate surface area is 86.5 Å². The number of carbonyl (C=O) groups excluding carboxylic acids is 1. The molecule has 1 atom stereocenters. The zero-order valence-corrected chi connectivity index (χ0v) is 8.24. The van der Waals surface area contributed by atoms with Crippen molar-refractivity contribution in [3.05, 3.63) is 29.6 Å². The molecule has 0 aliphatic heterocycles. The molecule has 0 aromatic heterocycles. The van der Waals surface area contributed by atoms with Gasteiger partial charge in [-0.3, -0.25) is 4.79 Å². The Morgan fingerprint density at radius 1 is 1.67 bits per heavy atom. The van der Waals surface area contributed by atoms with Crippen LogP contribution in [0, 0.1) is 5.82 Å². The minimum atomic E-state index is -0.820. The normalized spacial score (nSPS) is 12.2. The Balaban J connectivity index is 2.73. The maximum absolute atomic E-state index is 12.9. The first kappa shape index (κ1) is 11.5. The lowest BCUT2D eigenvalue weighted by Crippen LogP contribution is -2.33. The molecule has 0 saturated carbocycles. The number of hydrogen-bond acceptors (Lipinski definition) is 4. The van der Waals surface area contributed by atoms with Crippen LogP contribution in [0.2, 0.25) is 0 Å². The van der Waals surface area contributed by atoms with Gasteiger partial charge in [0.25, 0.3) is 0 Å². The molecule has 1 rings (SSSR count). The van der Waals surface area contributed by atoms with Gasteiger partial charge in [0.05, 0.1) is 7.11 Å². The number of esters is 1. The lowest BCUT2D eigenvalue weighted by Gasteiger charge is -2.09. The molecule has 0 heterocycles. The molecule has 3 N–H and O–H groups in total. The Morgan fingerprint density at radius 2 is 2.33 bits per heavy atom. The first-order valence-electron chi connectivity index (χ1n) is 4.35. The van der Waals surface area contributed by atoms with Gasteiger partial charge in [-0.25, -0.2) is 4.39 Å². The second-order valence-electron chi connectivity index (χ2n) is 3.12. The molecular weight excluding hydrogens is 201 g/mol. The maximum atomic E-state index is 12.9. The van der Waals surface area contributed by atoms with Crippen LogP contribution >= 0.6 is 0 Å². The van der Waals surface area contributed by atoms with Crippen LogP contribution in [-0.4, -0.2) is 24.2 Å². The highest BCUT2D eigenvalue weighted by Crippen LogP contribution is 2.16. The Morgan fingerprint density at radius 3 is 2.87 bits per heavy atom. The van der Waals surface area contributed by atoms with E-state index in [9.17, 15) is 9.18 Å². The van der Waals surface area contributed by atoms with Gasteiger partial charge >= 0.3 is 5.97 Å². The van der Waals surface area contributed by atoms with E-state index in [-0.39, 0.29) is 6.42 Å². The first-order valence-corrected chi connectivity index (χ1v) is 4.35. The summed E-state index contributed by atoms with van der Waals surface area (Å²) in [5.41, 5.74) is 6.02. The number of phenolic OH excluding ortho intramolecular Hbond substituents is 1. The van der Waals surface area contributed by atoms with Gasteiger partial charge in [-0.1, -0.05) is 6.07 Å². The molecule has 0 aliphatic rings. The smallest absolute Gasteiger partial charge is 0.322 e. The summed E-state index contributed by atoms with van der Waals surface area (Å²) < 4.78 is 17.3. The van der Waals surface area contributed by atoms with Crippen LogP contribution in [0.5, 0.6) is 5.75 Å². The molecule has 4 nitrogen and oxygen atoms in total. The fourth-order valence-corrected chi connectivity index (χ4v) is 1.17. The van der Waals surface area contributed by atoms with Crippen molar-refractivity contribution in [2.24, 2.45) is 5.73 Å². The summed E-state index contributed by atoms with van der Waals surface area (Å²) in [5, 5.41) is 8.94. The van der Waals surface area contributed by atoms with Gasteiger partial charge in [-0.05, 0) is 24.1 Å². The topological polar surface area (TPSA) is 72.5 Å². The summed E-state index contributed by atoms with van der Waals surface area (Å²) in [6, 6.07) is 3.03. The van der Waals surface area contributed by atoms with Crippen LogP contribution < -0.4 is 5.73 Å². The van der Waals surface area contributed by atoms with Crippen molar-refractivity contribution in [1.82, 2.24) is 0 Å². The van der Waals surface area contributed by atoms with Crippen molar-refractivity contribution in [2.45, 2.75) is 12.5 Å². The first-order chi connectivity index (χ1) is 7.04. The maximum Gasteiger partial charge on any atom is 0.322 e. The molecule has 0 bridgehead atoms. The van der Waals surface area contributed by atoms with Gasteiger partial charge in [0, 0.05) is 0 Å². The van der Waals surface area contributed by atoms with E-state index in [1.54, 1.807) is 0 Å². The van der Waals surface area contributed by atoms with Crippen LogP contribution in [-0.2, 0) is 16.0 Å². The number of hydrogen-bond donors (Lipinski definition) is 2. The summed E-state index contributed by atoms with van der Waals surface area (Å²) in [6.45, 7) is 0. The van der Waals surface area contributed by atoms with Gasteiger partial charge in [0.2, 0.25) is 0 Å². The van der Waals surface area contributed by atoms with Gasteiger partial charge in [0.1, 0.15) is 6.04 Å². The number of aromatic hydroxyl groups is 1. The fraction of sp³-hybridized carbons (Fsp3) is 0.300. The third kappa shape index (κ3) is 2.92. The molecule has 82 valence electrons. The van der Waals surface area contributed by atoms with E-state index in [4.69, 9.17) is 10.8 Å². The Bertz CT molecular complexity index is 368. The van der Waals surface area contributed by atoms with Crippen molar-refractivity contribution < 1.29 is 19.0 Å². The molecule has 1 aromatic rings. The van der Waals surface area contributed by atoms with Crippen molar-refractivity contribution in [1.29, 1.82) is 0 Å². The predicted molar refractivity (Wildman–Crippen MR) is 51.8 cm³/mol. The van der Waals surface area contributed by atoms with E-state index < -0.39 is 23.6 Å². The molecule has 0 amide bonds. The van der Waals surface area contributed by atoms with Gasteiger partial charge in [-0.2, -0.15) is 0 Å². The highest BCUT2D eigenvalue weighted by Gasteiger charge is 2.14. The second kappa shape index (κ2) is 4.75. The van der Waals surface area contributed by atoms with Crippen LogP contribution in [0.4, 0.5) is 4.39 Å². The lowest BCUT2D eigenvalue weighted by molar-refractivity contribution is -0.142. The van der Waals surface area contributed by atoms with Gasteiger partial charge in [0.15, 0.2) is 11.6 Å². The minimum absolute atomic E-state index is 0.171. The molecule has 15 heavy (non-hydrogen) atoms. The molecule has 1 aromatic carbocycles. The monoisotopic (exact) mass is 213 g/mol. The average Bonchev–Trinajstić information content (AvgIpc) is 2.22. The molecule has 0 radical (unpaired) electrons. The summed E-state index contributed by atoms with van der Waals surface area (Å²) in [7, 11) is 1.24. The average molecular weight is 213 g/mol. The number of methoxy groups -OCH3 is 1. The number of ether oxygens (including phenoxy) is 1. The molecule has 0 fully saturated rings. The highest BCUT2D eigenvalue weighted by atomic mass is 19.1. The van der Waals surface area contributed by atoms with E-state index >= 15 is 0 Å².